The molecule has 4 aromatic carbocycles. The smallest absolute Gasteiger partial charge is 0.227 e. The molecule has 0 aliphatic carbocycles. The third-order valence-electron chi connectivity index (χ3n) is 5.95. The number of oxazole rings is 1. The van der Waals surface area contributed by atoms with Gasteiger partial charge in [-0.25, -0.2) is 4.98 Å². The Labute approximate surface area is 201 Å². The molecule has 0 aliphatic heterocycles. The highest BCUT2D eigenvalue weighted by molar-refractivity contribution is 5.98. The molecule has 0 bridgehead atoms. The van der Waals surface area contributed by atoms with Crippen molar-refractivity contribution in [1.82, 2.24) is 4.98 Å². The topological polar surface area (TPSA) is 29.3 Å². The van der Waals surface area contributed by atoms with Gasteiger partial charge in [0.25, 0.3) is 0 Å². The highest BCUT2D eigenvalue weighted by atomic mass is 35.5. The third-order valence-corrected chi connectivity index (χ3v) is 5.95. The predicted molar refractivity (Wildman–Crippen MR) is 141 cm³/mol. The minimum atomic E-state index is 0. The molecule has 0 spiro atoms. The van der Waals surface area contributed by atoms with Gasteiger partial charge in [-0.2, -0.15) is 0 Å². The lowest BCUT2D eigenvalue weighted by Crippen LogP contribution is -2.21. The standard InChI is InChI=1S/C29H26N2O.ClH/c1-3-31(4-2)24-19-17-23(18-20-24)29-30-27(28(32-29)22-12-6-5-7-13-22)26-16-10-14-21-11-8-9-15-25(21)26;/h5-20H,3-4H2,1-2H3;1H. The van der Waals surface area contributed by atoms with E-state index in [9.17, 15) is 0 Å². The third kappa shape index (κ3) is 4.37. The van der Waals surface area contributed by atoms with E-state index in [1.165, 1.54) is 16.5 Å². The minimum absolute atomic E-state index is 0. The Bertz CT molecular complexity index is 1330. The van der Waals surface area contributed by atoms with E-state index in [0.717, 1.165) is 41.2 Å². The number of hydrogen-bond donors (Lipinski definition) is 0. The van der Waals surface area contributed by atoms with Gasteiger partial charge in [-0.3, -0.25) is 0 Å². The second-order valence-corrected chi connectivity index (χ2v) is 7.81. The van der Waals surface area contributed by atoms with Crippen LogP contribution < -0.4 is 4.90 Å². The van der Waals surface area contributed by atoms with Gasteiger partial charge in [-0.05, 0) is 48.9 Å². The van der Waals surface area contributed by atoms with Crippen molar-refractivity contribution in [1.29, 1.82) is 0 Å². The Hall–Kier alpha value is -3.56. The van der Waals surface area contributed by atoms with Crippen LogP contribution in [0.1, 0.15) is 13.8 Å². The Morgan fingerprint density at radius 1 is 0.697 bits per heavy atom. The van der Waals surface area contributed by atoms with Crippen LogP contribution >= 0.6 is 12.4 Å². The summed E-state index contributed by atoms with van der Waals surface area (Å²) in [4.78, 5) is 7.34. The molecule has 5 rings (SSSR count). The largest absolute Gasteiger partial charge is 0.435 e. The van der Waals surface area contributed by atoms with Gasteiger partial charge in [0.15, 0.2) is 5.76 Å². The number of rotatable bonds is 6. The molecule has 33 heavy (non-hydrogen) atoms. The molecule has 4 heteroatoms. The van der Waals surface area contributed by atoms with Crippen LogP contribution in [0, 0.1) is 0 Å². The van der Waals surface area contributed by atoms with Crippen molar-refractivity contribution in [2.45, 2.75) is 13.8 Å². The van der Waals surface area contributed by atoms with E-state index in [2.05, 4.69) is 97.6 Å². The fourth-order valence-electron chi connectivity index (χ4n) is 4.25. The molecule has 1 heterocycles. The van der Waals surface area contributed by atoms with Crippen molar-refractivity contribution >= 4 is 28.9 Å². The fraction of sp³-hybridized carbons (Fsp3) is 0.138. The monoisotopic (exact) mass is 454 g/mol. The first-order valence-corrected chi connectivity index (χ1v) is 11.2. The first-order chi connectivity index (χ1) is 15.8. The number of benzene rings is 4. The van der Waals surface area contributed by atoms with Crippen LogP contribution in [-0.4, -0.2) is 18.1 Å². The molecule has 0 fully saturated rings. The van der Waals surface area contributed by atoms with E-state index in [4.69, 9.17) is 9.40 Å². The summed E-state index contributed by atoms with van der Waals surface area (Å²) >= 11 is 0. The van der Waals surface area contributed by atoms with Crippen molar-refractivity contribution in [3.05, 3.63) is 97.1 Å². The summed E-state index contributed by atoms with van der Waals surface area (Å²) in [5.74, 6) is 1.43. The molecule has 166 valence electrons. The van der Waals surface area contributed by atoms with Crippen molar-refractivity contribution in [2.75, 3.05) is 18.0 Å². The second kappa shape index (κ2) is 9.93. The summed E-state index contributed by atoms with van der Waals surface area (Å²) in [6, 6.07) is 33.5. The van der Waals surface area contributed by atoms with E-state index >= 15 is 0 Å². The van der Waals surface area contributed by atoms with Gasteiger partial charge in [0.05, 0.1) is 0 Å². The van der Waals surface area contributed by atoms with Crippen LogP contribution in [0.15, 0.2) is 101 Å². The summed E-state index contributed by atoms with van der Waals surface area (Å²) in [5.41, 5.74) is 5.16. The molecule has 0 amide bonds. The first-order valence-electron chi connectivity index (χ1n) is 11.2. The van der Waals surface area contributed by atoms with E-state index in [0.29, 0.717) is 5.89 Å². The van der Waals surface area contributed by atoms with Gasteiger partial charge < -0.3 is 9.32 Å². The van der Waals surface area contributed by atoms with Crippen molar-refractivity contribution in [3.8, 4) is 34.0 Å². The SMILES string of the molecule is CCN(CC)c1ccc(-c2nc(-c3cccc4ccccc34)c(-c3ccccc3)o2)cc1.Cl. The van der Waals surface area contributed by atoms with Gasteiger partial charge in [0.1, 0.15) is 5.69 Å². The summed E-state index contributed by atoms with van der Waals surface area (Å²) < 4.78 is 6.42. The molecule has 0 saturated heterocycles. The summed E-state index contributed by atoms with van der Waals surface area (Å²) in [7, 11) is 0. The van der Waals surface area contributed by atoms with Crippen LogP contribution in [-0.2, 0) is 0 Å². The molecule has 3 nitrogen and oxygen atoms in total. The van der Waals surface area contributed by atoms with Crippen LogP contribution in [0.5, 0.6) is 0 Å². The number of hydrogen-bond acceptors (Lipinski definition) is 3. The molecule has 5 aromatic rings. The Balaban J connectivity index is 0.00000259. The van der Waals surface area contributed by atoms with Gasteiger partial charge in [-0.15, -0.1) is 12.4 Å². The zero-order valence-corrected chi connectivity index (χ0v) is 19.7. The fourth-order valence-corrected chi connectivity index (χ4v) is 4.25. The second-order valence-electron chi connectivity index (χ2n) is 7.81. The summed E-state index contributed by atoms with van der Waals surface area (Å²) in [6.45, 7) is 6.32. The molecular weight excluding hydrogens is 428 g/mol. The molecule has 0 radical (unpaired) electrons. The predicted octanol–water partition coefficient (Wildman–Crippen LogP) is 8.10. The van der Waals surface area contributed by atoms with Crippen LogP contribution in [0.25, 0.3) is 44.8 Å². The molecule has 0 N–H and O–H groups in total. The Morgan fingerprint density at radius 3 is 2.09 bits per heavy atom. The van der Waals surface area contributed by atoms with Gasteiger partial charge in [0, 0.05) is 35.5 Å². The van der Waals surface area contributed by atoms with E-state index in [1.54, 1.807) is 0 Å². The van der Waals surface area contributed by atoms with Gasteiger partial charge in [-0.1, -0.05) is 72.8 Å². The average Bonchev–Trinajstić information content (AvgIpc) is 3.31. The maximum absolute atomic E-state index is 6.42. The number of aromatic nitrogens is 1. The normalized spacial score (nSPS) is 10.7. The lowest BCUT2D eigenvalue weighted by Gasteiger charge is -2.20. The molecule has 0 aliphatic rings. The number of nitrogens with zero attached hydrogens (tertiary/aromatic N) is 2. The molecule has 1 aromatic heterocycles. The summed E-state index contributed by atoms with van der Waals surface area (Å²) in [6.07, 6.45) is 0. The average molecular weight is 455 g/mol. The lowest BCUT2D eigenvalue weighted by molar-refractivity contribution is 0.589. The Kier molecular flexibility index (Phi) is 6.81. The van der Waals surface area contributed by atoms with Crippen molar-refractivity contribution in [2.24, 2.45) is 0 Å². The van der Waals surface area contributed by atoms with Gasteiger partial charge in [0.2, 0.25) is 5.89 Å². The molecular formula is C29H27ClN2O. The number of fused-ring (bicyclic) bond motifs is 1. The minimum Gasteiger partial charge on any atom is -0.435 e. The van der Waals surface area contributed by atoms with Gasteiger partial charge >= 0.3 is 0 Å². The van der Waals surface area contributed by atoms with Crippen LogP contribution in [0.3, 0.4) is 0 Å². The zero-order chi connectivity index (χ0) is 21.9. The number of anilines is 1. The maximum Gasteiger partial charge on any atom is 0.227 e. The highest BCUT2D eigenvalue weighted by Crippen LogP contribution is 2.39. The molecule has 0 atom stereocenters. The Morgan fingerprint density at radius 2 is 1.36 bits per heavy atom. The van der Waals surface area contributed by atoms with Crippen molar-refractivity contribution < 1.29 is 4.42 Å². The van der Waals surface area contributed by atoms with Crippen LogP contribution in [0.2, 0.25) is 0 Å². The zero-order valence-electron chi connectivity index (χ0n) is 18.9. The van der Waals surface area contributed by atoms with Crippen molar-refractivity contribution in [3.63, 3.8) is 0 Å². The molecule has 0 saturated carbocycles. The summed E-state index contributed by atoms with van der Waals surface area (Å²) in [5, 5.41) is 2.36. The molecule has 0 unspecified atom stereocenters. The van der Waals surface area contributed by atoms with E-state index in [1.807, 2.05) is 18.2 Å². The quantitative estimate of drug-likeness (QED) is 0.259. The van der Waals surface area contributed by atoms with E-state index < -0.39 is 0 Å². The maximum atomic E-state index is 6.42. The van der Waals surface area contributed by atoms with Crippen LogP contribution in [0.4, 0.5) is 5.69 Å². The number of halogens is 1. The lowest BCUT2D eigenvalue weighted by atomic mass is 9.99. The first kappa shape index (κ1) is 22.6. The van der Waals surface area contributed by atoms with E-state index in [-0.39, 0.29) is 12.4 Å². The highest BCUT2D eigenvalue weighted by Gasteiger charge is 2.19.